The predicted molar refractivity (Wildman–Crippen MR) is 68.6 cm³/mol. The summed E-state index contributed by atoms with van der Waals surface area (Å²) in [7, 11) is -0.933. The van der Waals surface area contributed by atoms with Crippen molar-refractivity contribution >= 4 is 16.7 Å². The average molecular weight is 248 g/mol. The number of carbonyl (C=O) groups is 1. The second-order valence-electron chi connectivity index (χ2n) is 5.22. The van der Waals surface area contributed by atoms with Crippen LogP contribution >= 0.6 is 0 Å². The molecule has 0 aromatic rings. The molecule has 0 fully saturated rings. The summed E-state index contributed by atoms with van der Waals surface area (Å²) >= 11 is 0. The van der Waals surface area contributed by atoms with E-state index in [-0.39, 0.29) is 16.6 Å². The van der Waals surface area contributed by atoms with Gasteiger partial charge in [0.25, 0.3) is 0 Å². The van der Waals surface area contributed by atoms with Crippen LogP contribution in [-0.4, -0.2) is 33.2 Å². The van der Waals surface area contributed by atoms with Crippen LogP contribution < -0.4 is 11.1 Å². The first-order valence-electron chi connectivity index (χ1n) is 5.58. The van der Waals surface area contributed by atoms with Crippen molar-refractivity contribution < 1.29 is 9.00 Å². The van der Waals surface area contributed by atoms with Gasteiger partial charge in [0.2, 0.25) is 5.91 Å². The van der Waals surface area contributed by atoms with E-state index in [0.29, 0.717) is 12.3 Å². The minimum Gasteiger partial charge on any atom is -0.354 e. The van der Waals surface area contributed by atoms with Gasteiger partial charge in [-0.1, -0.05) is 13.8 Å². The Labute approximate surface area is 101 Å². The van der Waals surface area contributed by atoms with E-state index in [4.69, 9.17) is 5.73 Å². The van der Waals surface area contributed by atoms with Crippen molar-refractivity contribution in [2.75, 3.05) is 12.3 Å². The molecule has 0 radical (unpaired) electrons. The van der Waals surface area contributed by atoms with Gasteiger partial charge in [0.05, 0.1) is 6.04 Å². The van der Waals surface area contributed by atoms with Gasteiger partial charge in [-0.25, -0.2) is 0 Å². The molecule has 0 aliphatic carbocycles. The predicted octanol–water partition coefficient (Wildman–Crippen LogP) is 0.633. The Hall–Kier alpha value is -0.420. The van der Waals surface area contributed by atoms with Crippen LogP contribution in [0.25, 0.3) is 0 Å². The maximum atomic E-state index is 11.7. The minimum absolute atomic E-state index is 0.119. The summed E-state index contributed by atoms with van der Waals surface area (Å²) in [6, 6.07) is -0.483. The first kappa shape index (κ1) is 15.6. The molecule has 0 saturated carbocycles. The van der Waals surface area contributed by atoms with E-state index in [1.807, 2.05) is 34.6 Å². The molecule has 0 bridgehead atoms. The van der Waals surface area contributed by atoms with Gasteiger partial charge in [0.15, 0.2) is 0 Å². The molecule has 0 aromatic heterocycles. The molecule has 0 aliphatic rings. The highest BCUT2D eigenvalue weighted by atomic mass is 32.2. The summed E-state index contributed by atoms with van der Waals surface area (Å²) in [5.41, 5.74) is 5.67. The Morgan fingerprint density at radius 3 is 2.25 bits per heavy atom. The molecular formula is C11H24N2O2S. The van der Waals surface area contributed by atoms with Crippen molar-refractivity contribution in [3.8, 4) is 0 Å². The molecule has 0 aliphatic heterocycles. The third-order valence-corrected chi connectivity index (χ3v) is 4.23. The number of amides is 1. The Morgan fingerprint density at radius 2 is 1.88 bits per heavy atom. The summed E-state index contributed by atoms with van der Waals surface area (Å²) in [4.78, 5) is 11.5. The minimum atomic E-state index is -0.933. The molecule has 1 unspecified atom stereocenters. The highest BCUT2D eigenvalue weighted by molar-refractivity contribution is 7.86. The largest absolute Gasteiger partial charge is 0.354 e. The van der Waals surface area contributed by atoms with Crippen molar-refractivity contribution in [2.45, 2.75) is 45.4 Å². The average Bonchev–Trinajstić information content (AvgIpc) is 2.14. The first-order chi connectivity index (χ1) is 7.16. The number of carbonyl (C=O) groups excluding carboxylic acids is 1. The van der Waals surface area contributed by atoms with Crippen molar-refractivity contribution in [3.63, 3.8) is 0 Å². The molecule has 0 aromatic carbocycles. The van der Waals surface area contributed by atoms with Gasteiger partial charge in [-0.2, -0.15) is 0 Å². The molecule has 2 atom stereocenters. The summed E-state index contributed by atoms with van der Waals surface area (Å²) in [5, 5.41) is 2.71. The van der Waals surface area contributed by atoms with Crippen LogP contribution in [0, 0.1) is 5.92 Å². The Kier molecular flexibility index (Phi) is 6.18. The normalized spacial score (nSPS) is 15.9. The van der Waals surface area contributed by atoms with Gasteiger partial charge in [-0.3, -0.25) is 9.00 Å². The molecule has 4 nitrogen and oxygen atoms in total. The Bertz CT molecular complexity index is 259. The molecular weight excluding hydrogens is 224 g/mol. The topological polar surface area (TPSA) is 72.2 Å². The second kappa shape index (κ2) is 6.35. The molecule has 0 rings (SSSR count). The van der Waals surface area contributed by atoms with Gasteiger partial charge < -0.3 is 11.1 Å². The van der Waals surface area contributed by atoms with E-state index in [1.54, 1.807) is 0 Å². The molecule has 0 heterocycles. The van der Waals surface area contributed by atoms with Crippen LogP contribution in [-0.2, 0) is 15.6 Å². The lowest BCUT2D eigenvalue weighted by molar-refractivity contribution is -0.123. The molecule has 0 spiro atoms. The fourth-order valence-corrected chi connectivity index (χ4v) is 1.89. The third kappa shape index (κ3) is 5.61. The number of rotatable bonds is 5. The van der Waals surface area contributed by atoms with Crippen molar-refractivity contribution in [3.05, 3.63) is 0 Å². The fourth-order valence-electron chi connectivity index (χ4n) is 0.994. The highest BCUT2D eigenvalue weighted by Gasteiger charge is 2.20. The molecule has 96 valence electrons. The lowest BCUT2D eigenvalue weighted by Gasteiger charge is -2.19. The Balaban J connectivity index is 3.92. The zero-order valence-corrected chi connectivity index (χ0v) is 11.7. The SMILES string of the molecule is CC(C)[C@H](N)C(=O)NCCS(=O)C(C)(C)C. The fraction of sp³-hybridized carbons (Fsp3) is 0.909. The van der Waals surface area contributed by atoms with Gasteiger partial charge in [-0.15, -0.1) is 0 Å². The van der Waals surface area contributed by atoms with E-state index in [9.17, 15) is 9.00 Å². The maximum absolute atomic E-state index is 11.7. The third-order valence-electron chi connectivity index (χ3n) is 2.29. The van der Waals surface area contributed by atoms with Gasteiger partial charge in [0.1, 0.15) is 0 Å². The number of hydrogen-bond donors (Lipinski definition) is 2. The van der Waals surface area contributed by atoms with E-state index >= 15 is 0 Å². The van der Waals surface area contributed by atoms with Crippen LogP contribution in [0.2, 0.25) is 0 Å². The van der Waals surface area contributed by atoms with Crippen LogP contribution in [0.3, 0.4) is 0 Å². The van der Waals surface area contributed by atoms with Crippen LogP contribution in [0.5, 0.6) is 0 Å². The molecule has 3 N–H and O–H groups in total. The quantitative estimate of drug-likeness (QED) is 0.749. The smallest absolute Gasteiger partial charge is 0.237 e. The van der Waals surface area contributed by atoms with Crippen LogP contribution in [0.4, 0.5) is 0 Å². The molecule has 5 heteroatoms. The zero-order chi connectivity index (χ0) is 12.9. The Morgan fingerprint density at radius 1 is 1.38 bits per heavy atom. The second-order valence-corrected chi connectivity index (χ2v) is 7.55. The first-order valence-corrected chi connectivity index (χ1v) is 6.90. The summed E-state index contributed by atoms with van der Waals surface area (Å²) < 4.78 is 11.4. The lowest BCUT2D eigenvalue weighted by atomic mass is 10.1. The molecule has 1 amide bonds. The van der Waals surface area contributed by atoms with Crippen LogP contribution in [0.1, 0.15) is 34.6 Å². The van der Waals surface area contributed by atoms with Gasteiger partial charge in [0, 0.05) is 27.8 Å². The number of nitrogens with one attached hydrogen (secondary N) is 1. The molecule has 16 heavy (non-hydrogen) atoms. The highest BCUT2D eigenvalue weighted by Crippen LogP contribution is 2.10. The van der Waals surface area contributed by atoms with E-state index < -0.39 is 16.8 Å². The summed E-state index contributed by atoms with van der Waals surface area (Å²) in [5.74, 6) is 0.425. The molecule has 0 saturated heterocycles. The van der Waals surface area contributed by atoms with Crippen molar-refractivity contribution in [1.29, 1.82) is 0 Å². The van der Waals surface area contributed by atoms with E-state index in [2.05, 4.69) is 5.32 Å². The monoisotopic (exact) mass is 248 g/mol. The van der Waals surface area contributed by atoms with Crippen molar-refractivity contribution in [2.24, 2.45) is 11.7 Å². The van der Waals surface area contributed by atoms with E-state index in [1.165, 1.54) is 0 Å². The summed E-state index contributed by atoms with van der Waals surface area (Å²) in [6.45, 7) is 9.98. The zero-order valence-electron chi connectivity index (χ0n) is 10.9. The van der Waals surface area contributed by atoms with Crippen LogP contribution in [0.15, 0.2) is 0 Å². The van der Waals surface area contributed by atoms with E-state index in [0.717, 1.165) is 0 Å². The maximum Gasteiger partial charge on any atom is 0.237 e. The number of hydrogen-bond acceptors (Lipinski definition) is 3. The van der Waals surface area contributed by atoms with Gasteiger partial charge in [-0.05, 0) is 26.7 Å². The standard InChI is InChI=1S/C11H24N2O2S/c1-8(2)9(12)10(14)13-6-7-16(15)11(3,4)5/h8-9H,6-7,12H2,1-5H3,(H,13,14)/t9-,16?/m0/s1. The number of nitrogens with two attached hydrogens (primary N) is 1. The lowest BCUT2D eigenvalue weighted by Crippen LogP contribution is -2.45. The van der Waals surface area contributed by atoms with Crippen molar-refractivity contribution in [1.82, 2.24) is 5.32 Å². The summed E-state index contributed by atoms with van der Waals surface area (Å²) in [6.07, 6.45) is 0. The van der Waals surface area contributed by atoms with Gasteiger partial charge >= 0.3 is 0 Å².